The van der Waals surface area contributed by atoms with E-state index in [1.165, 1.54) is 45.2 Å². The van der Waals surface area contributed by atoms with Gasteiger partial charge >= 0.3 is 0 Å². The Hall–Kier alpha value is -0.810. The molecule has 0 aromatic rings. The molecule has 3 fully saturated rings. The summed E-state index contributed by atoms with van der Waals surface area (Å²) in [5, 5.41) is 3.51. The van der Waals surface area contributed by atoms with Crippen molar-refractivity contribution in [2.45, 2.75) is 45.4 Å². The highest BCUT2D eigenvalue weighted by atomic mass is 16.5. The van der Waals surface area contributed by atoms with Crippen LogP contribution in [0.3, 0.4) is 0 Å². The Morgan fingerprint density at radius 3 is 2.65 bits per heavy atom. The van der Waals surface area contributed by atoms with E-state index in [0.29, 0.717) is 5.41 Å². The van der Waals surface area contributed by atoms with Crippen molar-refractivity contribution >= 4 is 5.96 Å². The van der Waals surface area contributed by atoms with Crippen molar-refractivity contribution in [3.05, 3.63) is 0 Å². The molecule has 0 atom stereocenters. The quantitative estimate of drug-likeness (QED) is 0.477. The Kier molecular flexibility index (Phi) is 6.17. The van der Waals surface area contributed by atoms with Gasteiger partial charge in [0, 0.05) is 45.8 Å². The summed E-state index contributed by atoms with van der Waals surface area (Å²) in [5.74, 6) is 1.15. The van der Waals surface area contributed by atoms with Gasteiger partial charge in [-0.1, -0.05) is 12.8 Å². The molecule has 3 aliphatic rings. The first-order valence-electron chi connectivity index (χ1n) is 9.65. The minimum absolute atomic E-state index is 0.615. The van der Waals surface area contributed by atoms with E-state index in [-0.39, 0.29) is 0 Å². The van der Waals surface area contributed by atoms with Crippen molar-refractivity contribution in [1.82, 2.24) is 15.1 Å². The lowest BCUT2D eigenvalue weighted by atomic mass is 9.86. The number of likely N-dealkylation sites (tertiary alicyclic amines) is 1. The number of hydrogen-bond donors (Lipinski definition) is 1. The summed E-state index contributed by atoms with van der Waals surface area (Å²) >= 11 is 0. The topological polar surface area (TPSA) is 40.1 Å². The summed E-state index contributed by atoms with van der Waals surface area (Å²) in [6.45, 7) is 11.6. The lowest BCUT2D eigenvalue weighted by Crippen LogP contribution is -2.41. The smallest absolute Gasteiger partial charge is 0.193 e. The summed E-state index contributed by atoms with van der Waals surface area (Å²) in [4.78, 5) is 9.92. The van der Waals surface area contributed by atoms with E-state index in [1.54, 1.807) is 0 Å². The highest BCUT2D eigenvalue weighted by Crippen LogP contribution is 2.45. The molecule has 0 aromatic carbocycles. The van der Waals surface area contributed by atoms with Gasteiger partial charge in [0.2, 0.25) is 0 Å². The predicted molar refractivity (Wildman–Crippen MR) is 94.9 cm³/mol. The van der Waals surface area contributed by atoms with Gasteiger partial charge in [-0.05, 0) is 38.0 Å². The number of ether oxygens (including phenoxy) is 1. The van der Waals surface area contributed by atoms with E-state index in [9.17, 15) is 0 Å². The average Bonchev–Trinajstić information content (AvgIpc) is 3.22. The molecule has 23 heavy (non-hydrogen) atoms. The Morgan fingerprint density at radius 2 is 1.91 bits per heavy atom. The van der Waals surface area contributed by atoms with Crippen molar-refractivity contribution in [1.29, 1.82) is 0 Å². The second kappa shape index (κ2) is 8.34. The van der Waals surface area contributed by atoms with E-state index < -0.39 is 0 Å². The van der Waals surface area contributed by atoms with Gasteiger partial charge in [0.1, 0.15) is 0 Å². The van der Waals surface area contributed by atoms with Gasteiger partial charge in [0.15, 0.2) is 5.96 Å². The molecule has 1 spiro atoms. The van der Waals surface area contributed by atoms with E-state index in [2.05, 4.69) is 22.0 Å². The fraction of sp³-hybridized carbons (Fsp3) is 0.944. The lowest BCUT2D eigenvalue weighted by Gasteiger charge is -2.27. The molecule has 0 aromatic heterocycles. The third-order valence-corrected chi connectivity index (χ3v) is 5.73. The first-order chi connectivity index (χ1) is 11.3. The predicted octanol–water partition coefficient (Wildman–Crippen LogP) is 1.94. The van der Waals surface area contributed by atoms with Crippen LogP contribution in [0.25, 0.3) is 0 Å². The molecule has 3 rings (SSSR count). The second-order valence-corrected chi connectivity index (χ2v) is 7.42. The number of hydrogen-bond acceptors (Lipinski definition) is 3. The maximum atomic E-state index is 5.40. The SMILES string of the molecule is CCNC(=NCCCN1CCOCC1)N1CCC2(CCCC2)C1. The van der Waals surface area contributed by atoms with Crippen LogP contribution in [0.2, 0.25) is 0 Å². The van der Waals surface area contributed by atoms with Crippen LogP contribution >= 0.6 is 0 Å². The van der Waals surface area contributed by atoms with Crippen molar-refractivity contribution in [2.75, 3.05) is 59.0 Å². The largest absolute Gasteiger partial charge is 0.379 e. The number of nitrogens with zero attached hydrogens (tertiary/aromatic N) is 3. The molecule has 0 amide bonds. The zero-order valence-corrected chi connectivity index (χ0v) is 14.9. The molecule has 0 unspecified atom stereocenters. The number of guanidine groups is 1. The molecule has 132 valence electrons. The summed E-state index contributed by atoms with van der Waals surface area (Å²) in [6.07, 6.45) is 8.24. The van der Waals surface area contributed by atoms with Crippen LogP contribution in [0.5, 0.6) is 0 Å². The first kappa shape index (κ1) is 17.0. The fourth-order valence-corrected chi connectivity index (χ4v) is 4.38. The number of rotatable bonds is 5. The molecular weight excluding hydrogens is 288 g/mol. The van der Waals surface area contributed by atoms with Gasteiger partial charge in [0.05, 0.1) is 13.2 Å². The van der Waals surface area contributed by atoms with Crippen molar-refractivity contribution in [3.8, 4) is 0 Å². The van der Waals surface area contributed by atoms with Gasteiger partial charge in [-0.3, -0.25) is 9.89 Å². The third kappa shape index (κ3) is 4.60. The zero-order valence-electron chi connectivity index (χ0n) is 14.9. The summed E-state index contributed by atoms with van der Waals surface area (Å²) in [7, 11) is 0. The molecule has 5 nitrogen and oxygen atoms in total. The molecule has 1 saturated carbocycles. The molecule has 0 radical (unpaired) electrons. The molecule has 1 N–H and O–H groups in total. The van der Waals surface area contributed by atoms with Crippen LogP contribution < -0.4 is 5.32 Å². The van der Waals surface area contributed by atoms with Crippen LogP contribution in [-0.4, -0.2) is 74.8 Å². The highest BCUT2D eigenvalue weighted by molar-refractivity contribution is 5.80. The summed E-state index contributed by atoms with van der Waals surface area (Å²) in [6, 6.07) is 0. The van der Waals surface area contributed by atoms with Crippen molar-refractivity contribution < 1.29 is 4.74 Å². The average molecular weight is 322 g/mol. The van der Waals surface area contributed by atoms with E-state index in [4.69, 9.17) is 9.73 Å². The summed E-state index contributed by atoms with van der Waals surface area (Å²) in [5.41, 5.74) is 0.615. The Bertz CT molecular complexity index is 386. The Balaban J connectivity index is 1.45. The number of morpholine rings is 1. The third-order valence-electron chi connectivity index (χ3n) is 5.73. The van der Waals surface area contributed by atoms with Gasteiger partial charge in [0.25, 0.3) is 0 Å². The van der Waals surface area contributed by atoms with Gasteiger partial charge in [-0.25, -0.2) is 0 Å². The molecule has 1 aliphatic carbocycles. The molecule has 2 saturated heterocycles. The maximum absolute atomic E-state index is 5.40. The van der Waals surface area contributed by atoms with Crippen molar-refractivity contribution in [2.24, 2.45) is 10.4 Å². The Labute approximate surface area is 141 Å². The molecule has 0 bridgehead atoms. The van der Waals surface area contributed by atoms with E-state index >= 15 is 0 Å². The van der Waals surface area contributed by atoms with Crippen LogP contribution in [-0.2, 0) is 4.74 Å². The standard InChI is InChI=1S/C18H34N4O/c1-2-19-17(20-9-5-10-21-12-14-23-15-13-21)22-11-8-18(16-22)6-3-4-7-18/h2-16H2,1H3,(H,19,20). The van der Waals surface area contributed by atoms with Gasteiger partial charge in [-0.2, -0.15) is 0 Å². The minimum atomic E-state index is 0.615. The van der Waals surface area contributed by atoms with Crippen LogP contribution in [0.4, 0.5) is 0 Å². The number of nitrogens with one attached hydrogen (secondary N) is 1. The molecular formula is C18H34N4O. The fourth-order valence-electron chi connectivity index (χ4n) is 4.38. The summed E-state index contributed by atoms with van der Waals surface area (Å²) < 4.78 is 5.40. The van der Waals surface area contributed by atoms with Crippen molar-refractivity contribution in [3.63, 3.8) is 0 Å². The number of aliphatic imine (C=N–C) groups is 1. The normalized spacial score (nSPS) is 25.4. The highest BCUT2D eigenvalue weighted by Gasteiger charge is 2.41. The molecule has 2 aliphatic heterocycles. The molecule has 5 heteroatoms. The Morgan fingerprint density at radius 1 is 1.13 bits per heavy atom. The minimum Gasteiger partial charge on any atom is -0.379 e. The van der Waals surface area contributed by atoms with Crippen LogP contribution in [0.1, 0.15) is 45.4 Å². The maximum Gasteiger partial charge on any atom is 0.193 e. The second-order valence-electron chi connectivity index (χ2n) is 7.42. The van der Waals surface area contributed by atoms with Gasteiger partial charge < -0.3 is 15.0 Å². The molecule has 2 heterocycles. The van der Waals surface area contributed by atoms with Crippen LogP contribution in [0.15, 0.2) is 4.99 Å². The van der Waals surface area contributed by atoms with E-state index in [0.717, 1.165) is 58.3 Å². The monoisotopic (exact) mass is 322 g/mol. The van der Waals surface area contributed by atoms with Gasteiger partial charge in [-0.15, -0.1) is 0 Å². The van der Waals surface area contributed by atoms with Crippen LogP contribution in [0, 0.1) is 5.41 Å². The van der Waals surface area contributed by atoms with E-state index in [1.807, 2.05) is 0 Å². The lowest BCUT2D eigenvalue weighted by molar-refractivity contribution is 0.0377. The zero-order chi connectivity index (χ0) is 16.0. The first-order valence-corrected chi connectivity index (χ1v) is 9.65.